The normalized spacial score (nSPS) is 12.9. The molecule has 0 aliphatic heterocycles. The summed E-state index contributed by atoms with van der Waals surface area (Å²) in [6.07, 6.45) is 2.13. The van der Waals surface area contributed by atoms with Crippen LogP contribution in [0.2, 0.25) is 0 Å². The van der Waals surface area contributed by atoms with E-state index in [0.717, 1.165) is 10.9 Å². The predicted molar refractivity (Wildman–Crippen MR) is 98.4 cm³/mol. The van der Waals surface area contributed by atoms with Gasteiger partial charge in [0.1, 0.15) is 11.8 Å². The van der Waals surface area contributed by atoms with Crippen LogP contribution in [0.15, 0.2) is 47.1 Å². The van der Waals surface area contributed by atoms with Crippen LogP contribution in [0.1, 0.15) is 30.6 Å². The number of halogens is 1. The van der Waals surface area contributed by atoms with Gasteiger partial charge in [0, 0.05) is 16.7 Å². The Morgan fingerprint density at radius 1 is 1.32 bits per heavy atom. The number of aromatic nitrogens is 1. The van der Waals surface area contributed by atoms with Crippen molar-refractivity contribution in [1.82, 2.24) is 10.3 Å². The van der Waals surface area contributed by atoms with Gasteiger partial charge in [-0.1, -0.05) is 42.3 Å². The Hall–Kier alpha value is -2.41. The lowest BCUT2D eigenvalue weighted by atomic mass is 9.98. The summed E-state index contributed by atoms with van der Waals surface area (Å²) in [6, 6.07) is 9.82. The van der Waals surface area contributed by atoms with Gasteiger partial charge in [0.15, 0.2) is 0 Å². The molecule has 1 aromatic carbocycles. The van der Waals surface area contributed by atoms with Crippen molar-refractivity contribution in [1.29, 1.82) is 0 Å². The molecule has 0 spiro atoms. The number of rotatable bonds is 7. The number of primary amides is 1. The molecule has 0 aliphatic rings. The van der Waals surface area contributed by atoms with E-state index >= 15 is 0 Å². The molecule has 2 rings (SSSR count). The van der Waals surface area contributed by atoms with Crippen LogP contribution in [0, 0.1) is 5.92 Å². The summed E-state index contributed by atoms with van der Waals surface area (Å²) in [4.78, 5) is 27.9. The summed E-state index contributed by atoms with van der Waals surface area (Å²) in [5, 5.41) is 2.66. The van der Waals surface area contributed by atoms with E-state index in [1.807, 2.05) is 32.0 Å². The third-order valence-corrected chi connectivity index (χ3v) is 4.32. The zero-order valence-electron chi connectivity index (χ0n) is 14.0. The van der Waals surface area contributed by atoms with E-state index in [0.29, 0.717) is 17.2 Å². The Kier molecular flexibility index (Phi) is 6.52. The summed E-state index contributed by atoms with van der Waals surface area (Å²) in [7, 11) is 0. The summed E-state index contributed by atoms with van der Waals surface area (Å²) in [6.45, 7) is 3.80. The van der Waals surface area contributed by atoms with E-state index in [9.17, 15) is 9.59 Å². The van der Waals surface area contributed by atoms with Crippen molar-refractivity contribution >= 4 is 27.7 Å². The van der Waals surface area contributed by atoms with Gasteiger partial charge in [0.25, 0.3) is 5.91 Å². The van der Waals surface area contributed by atoms with Gasteiger partial charge in [0.05, 0.1) is 5.56 Å². The molecule has 2 aromatic rings. The molecule has 1 heterocycles. The monoisotopic (exact) mass is 405 g/mol. The van der Waals surface area contributed by atoms with E-state index < -0.39 is 17.9 Å². The molecule has 6 nitrogen and oxygen atoms in total. The highest BCUT2D eigenvalue weighted by molar-refractivity contribution is 9.10. The molecule has 25 heavy (non-hydrogen) atoms. The van der Waals surface area contributed by atoms with E-state index in [1.54, 1.807) is 18.2 Å². The number of nitrogens with two attached hydrogens (primary N) is 1. The maximum Gasteiger partial charge on any atom is 0.253 e. The molecule has 0 aliphatic carbocycles. The molecular formula is C18H20BrN3O3. The number of carbonyl (C=O) groups is 2. The maximum absolute atomic E-state index is 12.3. The molecule has 2 atom stereocenters. The number of carbonyl (C=O) groups excluding carboxylic acids is 2. The van der Waals surface area contributed by atoms with Crippen LogP contribution >= 0.6 is 15.9 Å². The molecule has 2 unspecified atom stereocenters. The number of nitrogens with zero attached hydrogens (tertiary/aromatic N) is 1. The summed E-state index contributed by atoms with van der Waals surface area (Å²) >= 11 is 3.37. The van der Waals surface area contributed by atoms with E-state index in [4.69, 9.17) is 10.5 Å². The topological polar surface area (TPSA) is 94.3 Å². The number of pyridine rings is 1. The van der Waals surface area contributed by atoms with Crippen molar-refractivity contribution in [3.05, 3.63) is 52.6 Å². The smallest absolute Gasteiger partial charge is 0.253 e. The molecule has 3 N–H and O–H groups in total. The average molecular weight is 406 g/mol. The lowest BCUT2D eigenvalue weighted by Crippen LogP contribution is -2.48. The second-order valence-electron chi connectivity index (χ2n) is 5.68. The van der Waals surface area contributed by atoms with Gasteiger partial charge in [-0.15, -0.1) is 0 Å². The summed E-state index contributed by atoms with van der Waals surface area (Å²) in [5.41, 5.74) is 5.70. The predicted octanol–water partition coefficient (Wildman–Crippen LogP) is 3.27. The zero-order valence-corrected chi connectivity index (χ0v) is 15.6. The van der Waals surface area contributed by atoms with Crippen LogP contribution in [0.5, 0.6) is 11.6 Å². The average Bonchev–Trinajstić information content (AvgIpc) is 2.59. The lowest BCUT2D eigenvalue weighted by molar-refractivity contribution is -0.120. The van der Waals surface area contributed by atoms with Gasteiger partial charge >= 0.3 is 0 Å². The van der Waals surface area contributed by atoms with Crippen LogP contribution in [-0.2, 0) is 4.79 Å². The molecule has 0 bridgehead atoms. The van der Waals surface area contributed by atoms with Crippen molar-refractivity contribution < 1.29 is 14.3 Å². The van der Waals surface area contributed by atoms with Crippen LogP contribution in [0.3, 0.4) is 0 Å². The minimum atomic E-state index is -0.713. The second-order valence-corrected chi connectivity index (χ2v) is 6.60. The molecule has 1 aromatic heterocycles. The first-order valence-corrected chi connectivity index (χ1v) is 8.69. The minimum absolute atomic E-state index is 0.0476. The number of hydrogen-bond acceptors (Lipinski definition) is 4. The molecule has 7 heteroatoms. The largest absolute Gasteiger partial charge is 0.439 e. The van der Waals surface area contributed by atoms with Crippen molar-refractivity contribution in [2.45, 2.75) is 26.3 Å². The lowest BCUT2D eigenvalue weighted by Gasteiger charge is -2.21. The highest BCUT2D eigenvalue weighted by Gasteiger charge is 2.24. The minimum Gasteiger partial charge on any atom is -0.439 e. The van der Waals surface area contributed by atoms with Crippen molar-refractivity contribution in [2.24, 2.45) is 11.7 Å². The van der Waals surface area contributed by atoms with Crippen molar-refractivity contribution in [3.8, 4) is 11.6 Å². The molecular weight excluding hydrogens is 386 g/mol. The number of hydrogen-bond donors (Lipinski definition) is 2. The molecule has 2 amide bonds. The quantitative estimate of drug-likeness (QED) is 0.738. The van der Waals surface area contributed by atoms with Gasteiger partial charge in [-0.3, -0.25) is 9.59 Å². The van der Waals surface area contributed by atoms with Gasteiger partial charge in [0.2, 0.25) is 11.8 Å². The molecule has 0 radical (unpaired) electrons. The summed E-state index contributed by atoms with van der Waals surface area (Å²) < 4.78 is 6.51. The van der Waals surface area contributed by atoms with E-state index in [2.05, 4.69) is 26.2 Å². The number of benzene rings is 1. The third-order valence-electron chi connectivity index (χ3n) is 3.82. The van der Waals surface area contributed by atoms with Crippen LogP contribution in [-0.4, -0.2) is 22.8 Å². The zero-order chi connectivity index (χ0) is 18.4. The first-order valence-electron chi connectivity index (χ1n) is 7.90. The van der Waals surface area contributed by atoms with Gasteiger partial charge in [-0.25, -0.2) is 4.98 Å². The second kappa shape index (κ2) is 8.62. The van der Waals surface area contributed by atoms with Crippen molar-refractivity contribution in [2.75, 3.05) is 0 Å². The molecule has 0 saturated carbocycles. The number of amides is 2. The fourth-order valence-corrected chi connectivity index (χ4v) is 2.56. The molecule has 0 fully saturated rings. The Morgan fingerprint density at radius 3 is 2.64 bits per heavy atom. The Balaban J connectivity index is 2.05. The van der Waals surface area contributed by atoms with Gasteiger partial charge < -0.3 is 15.8 Å². The summed E-state index contributed by atoms with van der Waals surface area (Å²) in [5.74, 6) is -0.00270. The number of ether oxygens (including phenoxy) is 1. The molecule has 0 saturated heterocycles. The SMILES string of the molecule is CCC(C)C(NC(=O)c1ccc(Oc2cccc(Br)c2)nc1)C(N)=O. The van der Waals surface area contributed by atoms with Crippen LogP contribution in [0.4, 0.5) is 0 Å². The Bertz CT molecular complexity index is 749. The van der Waals surface area contributed by atoms with Gasteiger partial charge in [-0.2, -0.15) is 0 Å². The highest BCUT2D eigenvalue weighted by atomic mass is 79.9. The fourth-order valence-electron chi connectivity index (χ4n) is 2.18. The van der Waals surface area contributed by atoms with Gasteiger partial charge in [-0.05, 0) is 30.2 Å². The highest BCUT2D eigenvalue weighted by Crippen LogP contribution is 2.23. The first-order chi connectivity index (χ1) is 11.9. The van der Waals surface area contributed by atoms with E-state index in [1.165, 1.54) is 6.20 Å². The van der Waals surface area contributed by atoms with E-state index in [-0.39, 0.29) is 5.92 Å². The maximum atomic E-state index is 12.3. The van der Waals surface area contributed by atoms with Crippen molar-refractivity contribution in [3.63, 3.8) is 0 Å². The standard InChI is InChI=1S/C18H20BrN3O3/c1-3-11(2)16(17(20)23)22-18(24)12-7-8-15(21-10-12)25-14-6-4-5-13(19)9-14/h4-11,16H,3H2,1-2H3,(H2,20,23)(H,22,24). The van der Waals surface area contributed by atoms with Crippen LogP contribution < -0.4 is 15.8 Å². The number of nitrogens with one attached hydrogen (secondary N) is 1. The Labute approximate surface area is 154 Å². The fraction of sp³-hybridized carbons (Fsp3) is 0.278. The third kappa shape index (κ3) is 5.29. The first kappa shape index (κ1) is 18.9. The van der Waals surface area contributed by atoms with Crippen LogP contribution in [0.25, 0.3) is 0 Å². The Morgan fingerprint density at radius 2 is 2.08 bits per heavy atom. The molecule has 132 valence electrons.